The van der Waals surface area contributed by atoms with E-state index >= 15 is 0 Å². The Morgan fingerprint density at radius 1 is 0.885 bits per heavy atom. The number of likely N-dealkylation sites (tertiary alicyclic amines) is 1. The highest BCUT2D eigenvalue weighted by Crippen LogP contribution is 2.40. The number of nitrogens with one attached hydrogen (secondary N) is 1. The number of fused-ring (bicyclic) bond motifs is 2. The summed E-state index contributed by atoms with van der Waals surface area (Å²) in [5, 5.41) is 6.00. The van der Waals surface area contributed by atoms with Crippen LogP contribution in [-0.2, 0) is 19.4 Å². The van der Waals surface area contributed by atoms with E-state index in [-0.39, 0.29) is 0 Å². The summed E-state index contributed by atoms with van der Waals surface area (Å²) in [6.07, 6.45) is 2.35. The van der Waals surface area contributed by atoms with Gasteiger partial charge in [0, 0.05) is 30.6 Å². The van der Waals surface area contributed by atoms with Gasteiger partial charge in [0.2, 0.25) is 0 Å². The smallest absolute Gasteiger partial charge is 0.0616 e. The molecule has 2 heterocycles. The van der Waals surface area contributed by atoms with Crippen molar-refractivity contribution in [2.24, 2.45) is 0 Å². The van der Waals surface area contributed by atoms with Crippen molar-refractivity contribution in [2.45, 2.75) is 31.5 Å². The van der Waals surface area contributed by atoms with Crippen molar-refractivity contribution in [1.29, 1.82) is 0 Å². The van der Waals surface area contributed by atoms with Crippen molar-refractivity contribution in [3.8, 4) is 0 Å². The monoisotopic (exact) mass is 360 g/mol. The van der Waals surface area contributed by atoms with Crippen LogP contribution in [0.3, 0.4) is 0 Å². The molecule has 5 rings (SSSR count). The van der Waals surface area contributed by atoms with Gasteiger partial charge in [-0.15, -0.1) is 11.3 Å². The van der Waals surface area contributed by atoms with Crippen LogP contribution >= 0.6 is 11.3 Å². The number of hydrogen-bond donors (Lipinski definition) is 1. The number of benzene rings is 2. The summed E-state index contributed by atoms with van der Waals surface area (Å²) in [5.74, 6) is 0. The van der Waals surface area contributed by atoms with Gasteiger partial charge < -0.3 is 5.32 Å². The first-order valence-corrected chi connectivity index (χ1v) is 10.4. The lowest BCUT2D eigenvalue weighted by molar-refractivity contribution is 0.0922. The fraction of sp³-hybridized carbons (Fsp3) is 0.304. The molecule has 1 aromatic heterocycles. The van der Waals surface area contributed by atoms with Crippen LogP contribution in [0.4, 0.5) is 0 Å². The summed E-state index contributed by atoms with van der Waals surface area (Å²) in [5.41, 5.74) is 5.96. The maximum atomic E-state index is 3.72. The van der Waals surface area contributed by atoms with E-state index in [9.17, 15) is 0 Å². The highest BCUT2D eigenvalue weighted by Gasteiger charge is 2.36. The van der Waals surface area contributed by atoms with Crippen molar-refractivity contribution in [3.05, 3.63) is 93.2 Å². The molecule has 1 unspecified atom stereocenters. The highest BCUT2D eigenvalue weighted by molar-refractivity contribution is 7.10. The lowest BCUT2D eigenvalue weighted by Crippen LogP contribution is -2.58. The molecular weight excluding hydrogens is 336 g/mol. The Balaban J connectivity index is 1.32. The van der Waals surface area contributed by atoms with Gasteiger partial charge in [-0.2, -0.15) is 0 Å². The highest BCUT2D eigenvalue weighted by atomic mass is 32.1. The Kier molecular flexibility index (Phi) is 4.37. The quantitative estimate of drug-likeness (QED) is 0.741. The molecule has 3 aromatic rings. The second-order valence-corrected chi connectivity index (χ2v) is 8.42. The molecule has 1 aliphatic carbocycles. The molecule has 1 saturated heterocycles. The number of hydrogen-bond acceptors (Lipinski definition) is 3. The number of thiophene rings is 1. The van der Waals surface area contributed by atoms with E-state index in [4.69, 9.17) is 0 Å². The zero-order valence-electron chi connectivity index (χ0n) is 14.9. The van der Waals surface area contributed by atoms with Crippen LogP contribution in [0.1, 0.15) is 33.2 Å². The molecular formula is C23H24N2S. The molecule has 2 nitrogen and oxygen atoms in total. The second-order valence-electron chi connectivity index (χ2n) is 7.42. The molecule has 3 heteroatoms. The first-order chi connectivity index (χ1) is 12.9. The summed E-state index contributed by atoms with van der Waals surface area (Å²) in [6, 6.07) is 23.1. The molecule has 1 aliphatic heterocycles. The van der Waals surface area contributed by atoms with Gasteiger partial charge in [0.05, 0.1) is 6.04 Å². The van der Waals surface area contributed by atoms with Crippen LogP contribution in [0.5, 0.6) is 0 Å². The molecule has 132 valence electrons. The summed E-state index contributed by atoms with van der Waals surface area (Å²) in [7, 11) is 0. The Hall–Kier alpha value is -1.94. The Morgan fingerprint density at radius 2 is 1.69 bits per heavy atom. The molecule has 1 fully saturated rings. The predicted octanol–water partition coefficient (Wildman–Crippen LogP) is 4.41. The van der Waals surface area contributed by atoms with E-state index in [0.717, 1.165) is 19.6 Å². The fourth-order valence-electron chi connectivity index (χ4n) is 4.35. The van der Waals surface area contributed by atoms with E-state index in [1.54, 1.807) is 10.4 Å². The fourth-order valence-corrected chi connectivity index (χ4v) is 5.26. The number of rotatable bonds is 4. The molecule has 0 spiro atoms. The molecule has 2 aromatic carbocycles. The van der Waals surface area contributed by atoms with Crippen LogP contribution in [0, 0.1) is 0 Å². The van der Waals surface area contributed by atoms with Gasteiger partial charge in [0.15, 0.2) is 0 Å². The molecule has 1 atom stereocenters. The van der Waals surface area contributed by atoms with Gasteiger partial charge >= 0.3 is 0 Å². The molecule has 0 bridgehead atoms. The Labute approximate surface area is 159 Å². The van der Waals surface area contributed by atoms with Gasteiger partial charge in [-0.3, -0.25) is 4.90 Å². The Morgan fingerprint density at radius 3 is 2.58 bits per heavy atom. The van der Waals surface area contributed by atoms with E-state index in [0.29, 0.717) is 12.1 Å². The molecule has 2 aliphatic rings. The van der Waals surface area contributed by atoms with Gasteiger partial charge in [-0.05, 0) is 46.5 Å². The van der Waals surface area contributed by atoms with E-state index in [1.807, 2.05) is 11.3 Å². The van der Waals surface area contributed by atoms with Crippen molar-refractivity contribution in [1.82, 2.24) is 10.2 Å². The van der Waals surface area contributed by atoms with E-state index in [2.05, 4.69) is 76.3 Å². The van der Waals surface area contributed by atoms with E-state index < -0.39 is 0 Å². The third-order valence-electron chi connectivity index (χ3n) is 5.76. The summed E-state index contributed by atoms with van der Waals surface area (Å²) < 4.78 is 0. The minimum atomic E-state index is 0.435. The van der Waals surface area contributed by atoms with Crippen LogP contribution in [0.15, 0.2) is 66.0 Å². The van der Waals surface area contributed by atoms with Crippen LogP contribution in [-0.4, -0.2) is 24.0 Å². The molecule has 0 amide bonds. The van der Waals surface area contributed by atoms with Gasteiger partial charge in [0.25, 0.3) is 0 Å². The standard InChI is InChI=1S/C23H24N2S/c1-2-6-17(7-3-1)14-24-19-15-25(16-19)23-20-9-5-4-8-18(20)10-11-22-21(23)12-13-26-22/h1-9,12-13,19,23-24H,10-11,14-16H2. The second kappa shape index (κ2) is 6.99. The molecule has 0 saturated carbocycles. The minimum absolute atomic E-state index is 0.435. The number of nitrogens with zero attached hydrogens (tertiary/aromatic N) is 1. The number of aryl methyl sites for hydroxylation is 2. The predicted molar refractivity (Wildman–Crippen MR) is 109 cm³/mol. The summed E-state index contributed by atoms with van der Waals surface area (Å²) >= 11 is 1.93. The van der Waals surface area contributed by atoms with Crippen LogP contribution in [0.25, 0.3) is 0 Å². The zero-order valence-corrected chi connectivity index (χ0v) is 15.7. The first kappa shape index (κ1) is 16.2. The maximum absolute atomic E-state index is 3.72. The van der Waals surface area contributed by atoms with Gasteiger partial charge in [-0.1, -0.05) is 54.6 Å². The largest absolute Gasteiger partial charge is 0.307 e. The SMILES string of the molecule is c1ccc(CNC2CN(C3c4ccccc4CCc4sccc43)C2)cc1. The van der Waals surface area contributed by atoms with Crippen molar-refractivity contribution >= 4 is 11.3 Å². The van der Waals surface area contributed by atoms with Gasteiger partial charge in [0.1, 0.15) is 0 Å². The van der Waals surface area contributed by atoms with Crippen molar-refractivity contribution in [2.75, 3.05) is 13.1 Å². The Bertz CT molecular complexity index is 880. The lowest BCUT2D eigenvalue weighted by atomic mass is 9.92. The molecule has 26 heavy (non-hydrogen) atoms. The first-order valence-electron chi connectivity index (χ1n) is 9.54. The van der Waals surface area contributed by atoms with Crippen LogP contribution in [0.2, 0.25) is 0 Å². The van der Waals surface area contributed by atoms with E-state index in [1.165, 1.54) is 29.5 Å². The summed E-state index contributed by atoms with van der Waals surface area (Å²) in [6.45, 7) is 3.21. The van der Waals surface area contributed by atoms with Crippen LogP contribution < -0.4 is 5.32 Å². The maximum Gasteiger partial charge on any atom is 0.0616 e. The molecule has 1 N–H and O–H groups in total. The summed E-state index contributed by atoms with van der Waals surface area (Å²) in [4.78, 5) is 4.23. The van der Waals surface area contributed by atoms with Crippen molar-refractivity contribution < 1.29 is 0 Å². The minimum Gasteiger partial charge on any atom is -0.307 e. The third-order valence-corrected chi connectivity index (χ3v) is 6.75. The normalized spacial score (nSPS) is 20.1. The lowest BCUT2D eigenvalue weighted by Gasteiger charge is -2.45. The topological polar surface area (TPSA) is 15.3 Å². The van der Waals surface area contributed by atoms with Gasteiger partial charge in [-0.25, -0.2) is 0 Å². The zero-order chi connectivity index (χ0) is 17.3. The average Bonchev–Trinajstić information content (AvgIpc) is 3.05. The third kappa shape index (κ3) is 3.01. The molecule has 0 radical (unpaired) electrons. The average molecular weight is 361 g/mol. The van der Waals surface area contributed by atoms with Crippen molar-refractivity contribution in [3.63, 3.8) is 0 Å².